The van der Waals surface area contributed by atoms with Gasteiger partial charge in [-0.3, -0.25) is 9.79 Å². The molecule has 4 heteroatoms. The van der Waals surface area contributed by atoms with E-state index in [0.29, 0.717) is 11.8 Å². The molecule has 2 saturated carbocycles. The monoisotopic (exact) mass is 362 g/mol. The van der Waals surface area contributed by atoms with Crippen molar-refractivity contribution in [2.45, 2.75) is 103 Å². The average molecular weight is 363 g/mol. The molecule has 1 aliphatic heterocycles. The molecule has 1 amide bonds. The maximum absolute atomic E-state index is 12.8. The fourth-order valence-corrected chi connectivity index (χ4v) is 5.34. The number of hydrogen-bond donors (Lipinski definition) is 2. The number of aliphatic hydroxyl groups excluding tert-OH is 1. The second kappa shape index (κ2) is 9.34. The largest absolute Gasteiger partial charge is 0.392 e. The van der Waals surface area contributed by atoms with Crippen molar-refractivity contribution in [3.63, 3.8) is 0 Å². The molecule has 0 radical (unpaired) electrons. The summed E-state index contributed by atoms with van der Waals surface area (Å²) < 4.78 is 0. The van der Waals surface area contributed by atoms with E-state index in [1.54, 1.807) is 0 Å². The maximum Gasteiger partial charge on any atom is 0.230 e. The highest BCUT2D eigenvalue weighted by molar-refractivity contribution is 6.02. The summed E-state index contributed by atoms with van der Waals surface area (Å²) in [6.45, 7) is 4.47. The van der Waals surface area contributed by atoms with E-state index in [9.17, 15) is 9.90 Å². The third-order valence-electron chi connectivity index (χ3n) is 7.02. The maximum atomic E-state index is 12.8. The zero-order valence-corrected chi connectivity index (χ0v) is 16.8. The summed E-state index contributed by atoms with van der Waals surface area (Å²) >= 11 is 0. The Bertz CT molecular complexity index is 502. The van der Waals surface area contributed by atoms with Crippen LogP contribution in [-0.2, 0) is 4.79 Å². The number of aliphatic hydroxyl groups is 1. The normalized spacial score (nSPS) is 37.7. The summed E-state index contributed by atoms with van der Waals surface area (Å²) in [6.07, 6.45) is 13.3. The summed E-state index contributed by atoms with van der Waals surface area (Å²) in [5.41, 5.74) is 0. The molecule has 1 heterocycles. The van der Waals surface area contributed by atoms with Crippen LogP contribution in [0.4, 0.5) is 0 Å². The van der Waals surface area contributed by atoms with Crippen molar-refractivity contribution in [1.82, 2.24) is 5.32 Å². The van der Waals surface area contributed by atoms with E-state index in [-0.39, 0.29) is 29.9 Å². The number of carbonyl (C=O) groups is 1. The zero-order chi connectivity index (χ0) is 18.5. The Hall–Kier alpha value is -0.900. The highest BCUT2D eigenvalue weighted by Crippen LogP contribution is 2.38. The van der Waals surface area contributed by atoms with Gasteiger partial charge in [0.25, 0.3) is 0 Å². The van der Waals surface area contributed by atoms with Crippen molar-refractivity contribution < 1.29 is 9.90 Å². The molecule has 2 fully saturated rings. The van der Waals surface area contributed by atoms with Gasteiger partial charge in [-0.2, -0.15) is 0 Å². The second-order valence-electron chi connectivity index (χ2n) is 8.99. The van der Waals surface area contributed by atoms with Crippen molar-refractivity contribution >= 4 is 11.7 Å². The van der Waals surface area contributed by atoms with Crippen LogP contribution in [0, 0.1) is 23.7 Å². The van der Waals surface area contributed by atoms with Gasteiger partial charge in [0.2, 0.25) is 5.91 Å². The fraction of sp³-hybridized carbons (Fsp3) is 0.909. The number of rotatable bonds is 7. The molecular weight excluding hydrogens is 324 g/mol. The predicted octanol–water partition coefficient (Wildman–Crippen LogP) is 4.46. The Labute approximate surface area is 159 Å². The van der Waals surface area contributed by atoms with E-state index in [4.69, 9.17) is 4.99 Å². The summed E-state index contributed by atoms with van der Waals surface area (Å²) in [4.78, 5) is 17.8. The second-order valence-corrected chi connectivity index (χ2v) is 8.99. The number of amides is 1. The lowest BCUT2D eigenvalue weighted by atomic mass is 9.73. The molecule has 0 spiro atoms. The number of nitrogens with zero attached hydrogens (tertiary/aromatic N) is 1. The Morgan fingerprint density at radius 2 is 1.58 bits per heavy atom. The van der Waals surface area contributed by atoms with E-state index in [0.717, 1.165) is 37.9 Å². The van der Waals surface area contributed by atoms with Gasteiger partial charge in [0, 0.05) is 5.92 Å². The predicted molar refractivity (Wildman–Crippen MR) is 106 cm³/mol. The third kappa shape index (κ3) is 4.68. The van der Waals surface area contributed by atoms with Crippen LogP contribution in [0.2, 0.25) is 0 Å². The zero-order valence-electron chi connectivity index (χ0n) is 16.8. The van der Waals surface area contributed by atoms with Gasteiger partial charge in [-0.25, -0.2) is 0 Å². The molecule has 2 N–H and O–H groups in total. The van der Waals surface area contributed by atoms with Gasteiger partial charge >= 0.3 is 0 Å². The first-order valence-corrected chi connectivity index (χ1v) is 11.2. The van der Waals surface area contributed by atoms with Gasteiger partial charge < -0.3 is 10.4 Å². The minimum atomic E-state index is -0.343. The Morgan fingerprint density at radius 1 is 0.962 bits per heavy atom. The van der Waals surface area contributed by atoms with Crippen molar-refractivity contribution in [3.8, 4) is 0 Å². The number of carbonyl (C=O) groups excluding carboxylic acids is 1. The lowest BCUT2D eigenvalue weighted by molar-refractivity contribution is -0.126. The molecule has 3 aliphatic rings. The summed E-state index contributed by atoms with van der Waals surface area (Å²) in [5, 5.41) is 13.7. The van der Waals surface area contributed by atoms with Crippen molar-refractivity contribution in [2.24, 2.45) is 28.7 Å². The van der Waals surface area contributed by atoms with Crippen molar-refractivity contribution in [3.05, 3.63) is 0 Å². The quantitative estimate of drug-likeness (QED) is 0.702. The fourth-order valence-electron chi connectivity index (χ4n) is 5.34. The van der Waals surface area contributed by atoms with E-state index in [2.05, 4.69) is 19.2 Å². The van der Waals surface area contributed by atoms with Gasteiger partial charge in [-0.1, -0.05) is 52.4 Å². The highest BCUT2D eigenvalue weighted by Gasteiger charge is 2.41. The average Bonchev–Trinajstić information content (AvgIpc) is 2.65. The number of hydrogen-bond acceptors (Lipinski definition) is 3. The molecule has 3 rings (SSSR count). The smallest absolute Gasteiger partial charge is 0.230 e. The van der Waals surface area contributed by atoms with Gasteiger partial charge in [0.15, 0.2) is 0 Å². The molecule has 0 aromatic rings. The first kappa shape index (κ1) is 19.9. The first-order valence-electron chi connectivity index (χ1n) is 11.2. The molecule has 0 bridgehead atoms. The van der Waals surface area contributed by atoms with Crippen LogP contribution in [0.1, 0.15) is 90.9 Å². The van der Waals surface area contributed by atoms with Gasteiger partial charge in [-0.05, 0) is 50.4 Å². The van der Waals surface area contributed by atoms with Crippen LogP contribution in [-0.4, -0.2) is 29.0 Å². The molecule has 0 aromatic heterocycles. The lowest BCUT2D eigenvalue weighted by Crippen LogP contribution is -2.53. The molecule has 0 aromatic carbocycles. The third-order valence-corrected chi connectivity index (χ3v) is 7.02. The summed E-state index contributed by atoms with van der Waals surface area (Å²) in [6, 6.07) is 0.153. The number of fused-ring (bicyclic) bond motifs is 1. The van der Waals surface area contributed by atoms with E-state index >= 15 is 0 Å². The van der Waals surface area contributed by atoms with E-state index in [1.807, 2.05) is 0 Å². The van der Waals surface area contributed by atoms with Crippen molar-refractivity contribution in [1.29, 1.82) is 0 Å². The lowest BCUT2D eigenvalue weighted by Gasteiger charge is -2.40. The van der Waals surface area contributed by atoms with Crippen LogP contribution in [0.5, 0.6) is 0 Å². The molecular formula is C22H38N2O2. The molecule has 148 valence electrons. The first-order chi connectivity index (χ1) is 12.6. The standard InChI is InChI=1S/C22H38N2O2/c1-3-5-7-15-9-11-19-17(13-15)22(26)24-21(23-19)18-14-16(8-6-4-2)10-12-20(18)25/h15-20,25H,3-14H2,1-2H3,(H,23,24,26). The Kier molecular flexibility index (Phi) is 7.13. The number of unbranched alkanes of at least 4 members (excludes halogenated alkanes) is 2. The van der Waals surface area contributed by atoms with E-state index < -0.39 is 0 Å². The van der Waals surface area contributed by atoms with Crippen LogP contribution in [0.15, 0.2) is 4.99 Å². The van der Waals surface area contributed by atoms with Crippen molar-refractivity contribution in [2.75, 3.05) is 0 Å². The highest BCUT2D eigenvalue weighted by atomic mass is 16.3. The van der Waals surface area contributed by atoms with Gasteiger partial charge in [0.1, 0.15) is 5.84 Å². The Morgan fingerprint density at radius 3 is 2.23 bits per heavy atom. The molecule has 4 nitrogen and oxygen atoms in total. The molecule has 6 unspecified atom stereocenters. The van der Waals surface area contributed by atoms with E-state index in [1.165, 1.54) is 44.9 Å². The van der Waals surface area contributed by atoms with Crippen LogP contribution in [0.3, 0.4) is 0 Å². The van der Waals surface area contributed by atoms with Gasteiger partial charge in [0.05, 0.1) is 18.1 Å². The molecule has 6 atom stereocenters. The SMILES string of the molecule is CCCCC1CCC(O)C(C2=NC3CCC(CCCC)CC3C(=O)N2)C1. The molecule has 0 saturated heterocycles. The Balaban J connectivity index is 1.64. The summed E-state index contributed by atoms with van der Waals surface area (Å²) in [5.74, 6) is 2.43. The van der Waals surface area contributed by atoms with Crippen LogP contribution < -0.4 is 5.32 Å². The molecule has 2 aliphatic carbocycles. The summed E-state index contributed by atoms with van der Waals surface area (Å²) in [7, 11) is 0. The van der Waals surface area contributed by atoms with Crippen LogP contribution >= 0.6 is 0 Å². The van der Waals surface area contributed by atoms with Crippen LogP contribution in [0.25, 0.3) is 0 Å². The number of amidine groups is 1. The van der Waals surface area contributed by atoms with Gasteiger partial charge in [-0.15, -0.1) is 0 Å². The topological polar surface area (TPSA) is 61.7 Å². The molecule has 26 heavy (non-hydrogen) atoms. The minimum Gasteiger partial charge on any atom is -0.392 e. The number of aliphatic imine (C=N–C) groups is 1. The number of nitrogens with one attached hydrogen (secondary N) is 1. The minimum absolute atomic E-state index is 0.0355.